The summed E-state index contributed by atoms with van der Waals surface area (Å²) < 4.78 is 0. The molecule has 0 fully saturated rings. The second kappa shape index (κ2) is 8.98. The predicted octanol–water partition coefficient (Wildman–Crippen LogP) is -4.87. The fourth-order valence-electron chi connectivity index (χ4n) is 1.56. The summed E-state index contributed by atoms with van der Waals surface area (Å²) in [5.74, 6) is -6.00. The molecule has 2 atom stereocenters. The van der Waals surface area contributed by atoms with Crippen LogP contribution >= 0.6 is 0 Å². The van der Waals surface area contributed by atoms with E-state index in [1.165, 1.54) is 0 Å². The normalized spacial score (nSPS) is 16.8. The van der Waals surface area contributed by atoms with Crippen LogP contribution in [0.2, 0.25) is 0 Å². The largest absolute Gasteiger partial charge is 0.506 e. The Morgan fingerprint density at radius 1 is 0.344 bits per heavy atom. The minimum absolute atomic E-state index is 0.491. The fraction of sp³-hybridized carbons (Fsp3) is 0.125. The van der Waals surface area contributed by atoms with E-state index < -0.39 is 90.8 Å². The van der Waals surface area contributed by atoms with Gasteiger partial charge in [-0.1, -0.05) is 0 Å². The number of aliphatic hydroxyl groups is 4. The van der Waals surface area contributed by atoms with Gasteiger partial charge in [0.15, 0.2) is 11.5 Å². The molecule has 2 unspecified atom stereocenters. The molecular formula is C16H12O16. The first-order valence-corrected chi connectivity index (χ1v) is 7.69. The predicted molar refractivity (Wildman–Crippen MR) is 98.3 cm³/mol. The lowest BCUT2D eigenvalue weighted by molar-refractivity contribution is -0.0326. The maximum atomic E-state index is 10.3. The first-order chi connectivity index (χ1) is 14.6. The van der Waals surface area contributed by atoms with E-state index >= 15 is 0 Å². The second-order valence-corrected chi connectivity index (χ2v) is 5.73. The summed E-state index contributed by atoms with van der Waals surface area (Å²) in [5.41, 5.74) is -6.74. The van der Waals surface area contributed by atoms with Crippen LogP contribution in [-0.2, 0) is 0 Å². The minimum Gasteiger partial charge on any atom is -0.506 e. The molecule has 0 aromatic heterocycles. The van der Waals surface area contributed by atoms with Crippen molar-refractivity contribution in [1.82, 2.24) is 0 Å². The first-order valence-electron chi connectivity index (χ1n) is 7.69. The van der Waals surface area contributed by atoms with Crippen LogP contribution < -0.4 is 32.6 Å². The Morgan fingerprint density at radius 2 is 0.531 bits per heavy atom. The summed E-state index contributed by atoms with van der Waals surface area (Å²) in [6, 6.07) is 0. The van der Waals surface area contributed by atoms with Crippen LogP contribution in [0.15, 0.2) is 40.3 Å². The van der Waals surface area contributed by atoms with Crippen molar-refractivity contribution in [2.75, 3.05) is 0 Å². The molecule has 0 bridgehead atoms. The van der Waals surface area contributed by atoms with E-state index in [4.69, 9.17) is 51.1 Å². The zero-order valence-corrected chi connectivity index (χ0v) is 15.1. The molecule has 0 aliphatic heterocycles. The quantitative estimate of drug-likeness (QED) is 0.141. The third-order valence-corrected chi connectivity index (χ3v) is 3.64. The van der Waals surface area contributed by atoms with Gasteiger partial charge in [0.05, 0.1) is 0 Å². The van der Waals surface area contributed by atoms with Crippen molar-refractivity contribution in [3.8, 4) is 34.5 Å². The summed E-state index contributed by atoms with van der Waals surface area (Å²) in [7, 11) is 0. The highest BCUT2D eigenvalue weighted by Crippen LogP contribution is 2.24. The van der Waals surface area contributed by atoms with Gasteiger partial charge >= 0.3 is 0 Å². The van der Waals surface area contributed by atoms with Crippen molar-refractivity contribution in [1.29, 1.82) is 0 Å². The summed E-state index contributed by atoms with van der Waals surface area (Å²) in [6.45, 7) is 0. The highest BCUT2D eigenvalue weighted by molar-refractivity contribution is 5.50. The van der Waals surface area contributed by atoms with E-state index in [0.29, 0.717) is 0 Å². The standard InChI is InChI=1S/C5H2O5.C4H6O4.C4H2O4.C3H2O3/c6-1-2(7)4(9)5(10)3(1)8;2*5-1-2(6)4(8)3(1)7;4-1-2(5)3(1)6/h6-7H;1-2,5-8H;5-6H;4-5H. The third kappa shape index (κ3) is 4.55. The van der Waals surface area contributed by atoms with Crippen LogP contribution in [0.1, 0.15) is 0 Å². The Balaban J connectivity index is 0.000000216. The number of rotatable bonds is 0. The molecule has 10 N–H and O–H groups in total. The van der Waals surface area contributed by atoms with E-state index in [1.807, 2.05) is 0 Å². The van der Waals surface area contributed by atoms with Gasteiger partial charge in [-0.3, -0.25) is 28.8 Å². The molecule has 172 valence electrons. The van der Waals surface area contributed by atoms with Gasteiger partial charge in [-0.2, -0.15) is 0 Å². The van der Waals surface area contributed by atoms with Gasteiger partial charge < -0.3 is 51.1 Å². The van der Waals surface area contributed by atoms with Gasteiger partial charge in [0, 0.05) is 0 Å². The van der Waals surface area contributed by atoms with Gasteiger partial charge in [-0.25, -0.2) is 0 Å². The number of hydrogen-bond acceptors (Lipinski definition) is 16. The number of aromatic hydroxyl groups is 6. The van der Waals surface area contributed by atoms with Crippen molar-refractivity contribution in [2.45, 2.75) is 12.2 Å². The van der Waals surface area contributed by atoms with Gasteiger partial charge in [-0.15, -0.1) is 0 Å². The molecule has 3 aromatic rings. The smallest absolute Gasteiger partial charge is 0.280 e. The van der Waals surface area contributed by atoms with Crippen molar-refractivity contribution < 1.29 is 51.1 Å². The lowest BCUT2D eigenvalue weighted by atomic mass is 9.98. The van der Waals surface area contributed by atoms with Gasteiger partial charge in [-0.05, 0) is 0 Å². The highest BCUT2D eigenvalue weighted by Gasteiger charge is 2.38. The molecule has 0 saturated heterocycles. The van der Waals surface area contributed by atoms with Crippen LogP contribution in [0.25, 0.3) is 0 Å². The van der Waals surface area contributed by atoms with E-state index in [9.17, 15) is 28.8 Å². The van der Waals surface area contributed by atoms with Crippen molar-refractivity contribution in [3.05, 3.63) is 72.9 Å². The number of aliphatic hydroxyl groups excluding tert-OH is 4. The average Bonchev–Trinajstić information content (AvgIpc) is 3.29. The fourth-order valence-corrected chi connectivity index (χ4v) is 1.56. The monoisotopic (exact) mass is 460 g/mol. The van der Waals surface area contributed by atoms with Crippen molar-refractivity contribution >= 4 is 0 Å². The van der Waals surface area contributed by atoms with Crippen LogP contribution in [0.4, 0.5) is 0 Å². The van der Waals surface area contributed by atoms with E-state index in [1.54, 1.807) is 0 Å². The van der Waals surface area contributed by atoms with Crippen molar-refractivity contribution in [3.63, 3.8) is 0 Å². The highest BCUT2D eigenvalue weighted by atomic mass is 16.4. The summed E-state index contributed by atoms with van der Waals surface area (Å²) in [4.78, 5) is 60.4. The van der Waals surface area contributed by atoms with Crippen LogP contribution in [0.3, 0.4) is 0 Å². The van der Waals surface area contributed by atoms with Crippen LogP contribution in [-0.4, -0.2) is 63.3 Å². The Morgan fingerprint density at radius 3 is 0.594 bits per heavy atom. The molecule has 16 heteroatoms. The lowest BCUT2D eigenvalue weighted by Gasteiger charge is -2.26. The minimum atomic E-state index is -1.39. The zero-order chi connectivity index (χ0) is 25.2. The maximum absolute atomic E-state index is 10.3. The molecule has 1 aliphatic rings. The molecule has 1 aliphatic carbocycles. The average molecular weight is 460 g/mol. The molecule has 3 aromatic carbocycles. The van der Waals surface area contributed by atoms with E-state index in [0.717, 1.165) is 0 Å². The molecule has 16 nitrogen and oxygen atoms in total. The van der Waals surface area contributed by atoms with E-state index in [-0.39, 0.29) is 0 Å². The Kier molecular flexibility index (Phi) is 7.11. The summed E-state index contributed by atoms with van der Waals surface area (Å²) >= 11 is 0. The molecular weight excluding hydrogens is 448 g/mol. The SMILES string of the molecule is O=c1c(O)c(O)c(=O)c1=O.O=c1c(O)c(O)c1=O.O=c1c(O)c1O.OC1=C(O)C(O)C1O. The van der Waals surface area contributed by atoms with Gasteiger partial charge in [0.2, 0.25) is 34.5 Å². The Bertz CT molecular complexity index is 1300. The zero-order valence-electron chi connectivity index (χ0n) is 15.1. The molecule has 0 amide bonds. The topological polar surface area (TPSA) is 305 Å². The second-order valence-electron chi connectivity index (χ2n) is 5.73. The molecule has 0 saturated carbocycles. The maximum Gasteiger partial charge on any atom is 0.280 e. The molecule has 0 heterocycles. The van der Waals surface area contributed by atoms with Crippen LogP contribution in [0.5, 0.6) is 34.5 Å². The first kappa shape index (κ1) is 25.3. The Hall–Kier alpha value is -4.70. The van der Waals surface area contributed by atoms with Crippen LogP contribution in [0, 0.1) is 0 Å². The van der Waals surface area contributed by atoms with Gasteiger partial charge in [0.1, 0.15) is 12.2 Å². The summed E-state index contributed by atoms with van der Waals surface area (Å²) in [6.07, 6.45) is -2.56. The van der Waals surface area contributed by atoms with E-state index in [2.05, 4.69) is 0 Å². The Labute approximate surface area is 171 Å². The molecule has 0 radical (unpaired) electrons. The molecule has 4 rings (SSSR count). The summed E-state index contributed by atoms with van der Waals surface area (Å²) in [5, 5.41) is 82.9. The number of hydrogen-bond donors (Lipinski definition) is 10. The molecule has 0 spiro atoms. The third-order valence-electron chi connectivity index (χ3n) is 3.64. The van der Waals surface area contributed by atoms with Gasteiger partial charge in [0.25, 0.3) is 32.6 Å². The van der Waals surface area contributed by atoms with Crippen molar-refractivity contribution in [2.24, 2.45) is 0 Å². The lowest BCUT2D eigenvalue weighted by Crippen LogP contribution is -2.40. The molecule has 32 heavy (non-hydrogen) atoms.